The zero-order valence-electron chi connectivity index (χ0n) is 15.7. The summed E-state index contributed by atoms with van der Waals surface area (Å²) in [7, 11) is 3.86. The quantitative estimate of drug-likeness (QED) is 0.575. The summed E-state index contributed by atoms with van der Waals surface area (Å²) in [5, 5.41) is 7.02. The number of halogens is 2. The van der Waals surface area contributed by atoms with Crippen LogP contribution in [0, 0.1) is 5.82 Å². The number of aldehydes is 1. The Bertz CT molecular complexity index is 993. The van der Waals surface area contributed by atoms with E-state index in [1.165, 1.54) is 18.3 Å². The summed E-state index contributed by atoms with van der Waals surface area (Å²) in [6, 6.07) is 4.44. The number of ether oxygens (including phenoxy) is 2. The predicted molar refractivity (Wildman–Crippen MR) is 104 cm³/mol. The maximum absolute atomic E-state index is 14.1. The Morgan fingerprint density at radius 3 is 2.89 bits per heavy atom. The Kier molecular flexibility index (Phi) is 6.11. The zero-order valence-corrected chi connectivity index (χ0v) is 16.5. The number of pyridine rings is 1. The van der Waals surface area contributed by atoms with E-state index in [0.717, 1.165) is 0 Å². The fraction of sp³-hybridized carbons (Fsp3) is 0.316. The van der Waals surface area contributed by atoms with Gasteiger partial charge in [0.1, 0.15) is 35.7 Å². The molecule has 148 valence electrons. The van der Waals surface area contributed by atoms with Crippen LogP contribution in [0.25, 0.3) is 11.0 Å². The van der Waals surface area contributed by atoms with E-state index in [2.05, 4.69) is 15.2 Å². The molecular weight excluding hydrogens is 387 g/mol. The Balaban J connectivity index is 1.87. The summed E-state index contributed by atoms with van der Waals surface area (Å²) in [5.74, 6) is 0.287. The lowest BCUT2D eigenvalue weighted by atomic mass is 10.1. The van der Waals surface area contributed by atoms with Crippen molar-refractivity contribution in [1.82, 2.24) is 20.1 Å². The fourth-order valence-electron chi connectivity index (χ4n) is 2.71. The molecule has 3 aromatic rings. The Labute approximate surface area is 166 Å². The minimum Gasteiger partial charge on any atom is -0.492 e. The molecule has 0 aliphatic heterocycles. The topological polar surface area (TPSA) is 80.3 Å². The Hall–Kier alpha value is -2.71. The first kappa shape index (κ1) is 20.0. The molecule has 3 rings (SSSR count). The van der Waals surface area contributed by atoms with Crippen molar-refractivity contribution < 1.29 is 18.7 Å². The van der Waals surface area contributed by atoms with E-state index in [1.807, 2.05) is 19.0 Å². The number of rotatable bonds is 8. The van der Waals surface area contributed by atoms with Crippen molar-refractivity contribution in [2.24, 2.45) is 0 Å². The molecule has 2 heterocycles. The number of likely N-dealkylation sites (N-methyl/N-ethyl adjacent to an activating group) is 1. The first-order valence-electron chi connectivity index (χ1n) is 8.62. The lowest BCUT2D eigenvalue weighted by molar-refractivity contribution is 0.112. The number of carbonyl (C=O) groups excluding carboxylic acids is 1. The highest BCUT2D eigenvalue weighted by Crippen LogP contribution is 2.36. The molecule has 0 radical (unpaired) electrons. The smallest absolute Gasteiger partial charge is 0.181 e. The molecule has 0 aliphatic rings. The van der Waals surface area contributed by atoms with Crippen LogP contribution in [-0.4, -0.2) is 53.6 Å². The molecule has 7 nitrogen and oxygen atoms in total. The van der Waals surface area contributed by atoms with Gasteiger partial charge in [-0.2, -0.15) is 5.10 Å². The molecule has 1 atom stereocenters. The number of hydrogen-bond acceptors (Lipinski definition) is 6. The van der Waals surface area contributed by atoms with Crippen molar-refractivity contribution in [2.45, 2.75) is 13.0 Å². The first-order chi connectivity index (χ1) is 13.4. The molecule has 0 fully saturated rings. The molecule has 2 aromatic heterocycles. The van der Waals surface area contributed by atoms with E-state index < -0.39 is 11.9 Å². The van der Waals surface area contributed by atoms with Crippen LogP contribution in [0.4, 0.5) is 4.39 Å². The molecular formula is C19H20ClFN4O3. The third-order valence-electron chi connectivity index (χ3n) is 4.14. The number of H-pyrrole nitrogens is 1. The lowest BCUT2D eigenvalue weighted by Gasteiger charge is -2.21. The number of fused-ring (bicyclic) bond motifs is 1. The molecule has 0 bridgehead atoms. The zero-order chi connectivity index (χ0) is 20.3. The van der Waals surface area contributed by atoms with Gasteiger partial charge in [0, 0.05) is 6.54 Å². The van der Waals surface area contributed by atoms with Gasteiger partial charge in [-0.15, -0.1) is 0 Å². The monoisotopic (exact) mass is 406 g/mol. The number of aromatic amines is 1. The van der Waals surface area contributed by atoms with Gasteiger partial charge in [-0.25, -0.2) is 9.37 Å². The maximum Gasteiger partial charge on any atom is 0.181 e. The second-order valence-electron chi connectivity index (χ2n) is 6.48. The van der Waals surface area contributed by atoms with E-state index in [0.29, 0.717) is 53.2 Å². The van der Waals surface area contributed by atoms with E-state index in [1.54, 1.807) is 13.0 Å². The van der Waals surface area contributed by atoms with Crippen LogP contribution in [-0.2, 0) is 0 Å². The first-order valence-corrected chi connectivity index (χ1v) is 9.00. The van der Waals surface area contributed by atoms with Gasteiger partial charge in [0.15, 0.2) is 11.9 Å². The second-order valence-corrected chi connectivity index (χ2v) is 6.86. The number of nitrogens with one attached hydrogen (secondary N) is 1. The van der Waals surface area contributed by atoms with Crippen LogP contribution < -0.4 is 9.47 Å². The molecule has 0 spiro atoms. The Morgan fingerprint density at radius 2 is 2.18 bits per heavy atom. The predicted octanol–water partition coefficient (Wildman–Crippen LogP) is 3.64. The number of aromatic nitrogens is 3. The fourth-order valence-corrected chi connectivity index (χ4v) is 3.02. The van der Waals surface area contributed by atoms with Crippen LogP contribution >= 0.6 is 11.6 Å². The van der Waals surface area contributed by atoms with E-state index >= 15 is 0 Å². The second kappa shape index (κ2) is 8.53. The SMILES string of the molecule is C[C@@H](Oc1cnc2n[nH]c(C=O)c2c1)c1c(OCCN(C)C)ccc(F)c1Cl. The summed E-state index contributed by atoms with van der Waals surface area (Å²) < 4.78 is 25.8. The molecule has 0 unspecified atom stereocenters. The summed E-state index contributed by atoms with van der Waals surface area (Å²) in [5.41, 5.74) is 1.11. The highest BCUT2D eigenvalue weighted by molar-refractivity contribution is 6.31. The van der Waals surface area contributed by atoms with Crippen molar-refractivity contribution in [1.29, 1.82) is 0 Å². The van der Waals surface area contributed by atoms with Crippen molar-refractivity contribution in [3.05, 3.63) is 46.5 Å². The van der Waals surface area contributed by atoms with E-state index in [4.69, 9.17) is 21.1 Å². The average Bonchev–Trinajstić information content (AvgIpc) is 3.06. The van der Waals surface area contributed by atoms with E-state index in [-0.39, 0.29) is 5.02 Å². The van der Waals surface area contributed by atoms with Crippen LogP contribution in [0.1, 0.15) is 29.1 Å². The van der Waals surface area contributed by atoms with Gasteiger partial charge in [-0.3, -0.25) is 9.89 Å². The van der Waals surface area contributed by atoms with Gasteiger partial charge in [-0.05, 0) is 39.2 Å². The van der Waals surface area contributed by atoms with Crippen molar-refractivity contribution >= 4 is 28.9 Å². The standard InChI is InChI=1S/C19H20ClFN4O3/c1-11(28-12-8-13-15(10-26)23-24-19(13)22-9-12)17-16(27-7-6-25(2)3)5-4-14(21)18(17)20/h4-5,8-11H,6-7H2,1-3H3,(H,22,23,24)/t11-/m1/s1. The van der Waals surface area contributed by atoms with Crippen LogP contribution in [0.15, 0.2) is 24.4 Å². The van der Waals surface area contributed by atoms with Crippen molar-refractivity contribution in [3.63, 3.8) is 0 Å². The summed E-state index contributed by atoms with van der Waals surface area (Å²) >= 11 is 6.20. The number of carbonyl (C=O) groups is 1. The molecule has 0 saturated heterocycles. The number of benzene rings is 1. The summed E-state index contributed by atoms with van der Waals surface area (Å²) in [4.78, 5) is 17.2. The normalized spacial score (nSPS) is 12.4. The molecule has 1 N–H and O–H groups in total. The van der Waals surface area contributed by atoms with Gasteiger partial charge in [0.25, 0.3) is 0 Å². The van der Waals surface area contributed by atoms with Gasteiger partial charge in [0.2, 0.25) is 0 Å². The molecule has 0 saturated carbocycles. The molecule has 1 aromatic carbocycles. The highest BCUT2D eigenvalue weighted by Gasteiger charge is 2.21. The Morgan fingerprint density at radius 1 is 1.39 bits per heavy atom. The van der Waals surface area contributed by atoms with Gasteiger partial charge in [0.05, 0.1) is 22.2 Å². The van der Waals surface area contributed by atoms with Crippen LogP contribution in [0.3, 0.4) is 0 Å². The van der Waals surface area contributed by atoms with Crippen LogP contribution in [0.5, 0.6) is 11.5 Å². The number of hydrogen-bond donors (Lipinski definition) is 1. The van der Waals surface area contributed by atoms with Gasteiger partial charge in [-0.1, -0.05) is 11.6 Å². The third kappa shape index (κ3) is 4.23. The number of nitrogens with zero attached hydrogens (tertiary/aromatic N) is 3. The summed E-state index contributed by atoms with van der Waals surface area (Å²) in [6.45, 7) is 2.85. The van der Waals surface area contributed by atoms with Crippen molar-refractivity contribution in [3.8, 4) is 11.5 Å². The lowest BCUT2D eigenvalue weighted by Crippen LogP contribution is -2.20. The van der Waals surface area contributed by atoms with Crippen molar-refractivity contribution in [2.75, 3.05) is 27.2 Å². The molecule has 28 heavy (non-hydrogen) atoms. The third-order valence-corrected chi connectivity index (χ3v) is 4.52. The van der Waals surface area contributed by atoms with Crippen LogP contribution in [0.2, 0.25) is 5.02 Å². The highest BCUT2D eigenvalue weighted by atomic mass is 35.5. The minimum atomic E-state index is -0.622. The van der Waals surface area contributed by atoms with Gasteiger partial charge >= 0.3 is 0 Å². The minimum absolute atomic E-state index is 0.0548. The van der Waals surface area contributed by atoms with E-state index in [9.17, 15) is 9.18 Å². The largest absolute Gasteiger partial charge is 0.492 e. The average molecular weight is 407 g/mol. The maximum atomic E-state index is 14.1. The molecule has 9 heteroatoms. The molecule has 0 amide bonds. The summed E-state index contributed by atoms with van der Waals surface area (Å²) in [6.07, 6.45) is 1.52. The van der Waals surface area contributed by atoms with Gasteiger partial charge < -0.3 is 14.4 Å². The molecule has 0 aliphatic carbocycles.